The van der Waals surface area contributed by atoms with Gasteiger partial charge in [-0.05, 0) is 12.1 Å². The standard InChI is InChI=1S/C18H22FN5O/c19-15-3-1-2-4-16(15)22-5-7-23(8-6-22)17-13-18(21-14-20-17)24-9-11-25-12-10-24/h1-4,13-14H,5-12H2. The van der Waals surface area contributed by atoms with Crippen molar-refractivity contribution < 1.29 is 9.13 Å². The minimum Gasteiger partial charge on any atom is -0.378 e. The lowest BCUT2D eigenvalue weighted by molar-refractivity contribution is 0.122. The summed E-state index contributed by atoms with van der Waals surface area (Å²) in [6, 6.07) is 9.00. The zero-order chi connectivity index (χ0) is 17.1. The van der Waals surface area contributed by atoms with Crippen molar-refractivity contribution in [3.05, 3.63) is 42.5 Å². The van der Waals surface area contributed by atoms with Crippen molar-refractivity contribution in [2.24, 2.45) is 0 Å². The third-order valence-electron chi connectivity index (χ3n) is 4.77. The number of hydrogen-bond acceptors (Lipinski definition) is 6. The molecule has 0 saturated carbocycles. The van der Waals surface area contributed by atoms with E-state index in [1.807, 2.05) is 18.2 Å². The number of anilines is 3. The predicted octanol–water partition coefficient (Wildman–Crippen LogP) is 1.78. The van der Waals surface area contributed by atoms with E-state index >= 15 is 0 Å². The average Bonchev–Trinajstić information content (AvgIpc) is 2.69. The van der Waals surface area contributed by atoms with Crippen LogP contribution in [-0.4, -0.2) is 62.5 Å². The van der Waals surface area contributed by atoms with Crippen molar-refractivity contribution in [2.75, 3.05) is 67.2 Å². The minimum absolute atomic E-state index is 0.160. The number of morpholine rings is 1. The molecule has 0 bridgehead atoms. The Balaban J connectivity index is 1.43. The van der Waals surface area contributed by atoms with Crippen LogP contribution in [0.1, 0.15) is 0 Å². The van der Waals surface area contributed by atoms with Gasteiger partial charge in [0.05, 0.1) is 18.9 Å². The van der Waals surface area contributed by atoms with Crippen molar-refractivity contribution in [2.45, 2.75) is 0 Å². The lowest BCUT2D eigenvalue weighted by atomic mass is 10.2. The highest BCUT2D eigenvalue weighted by molar-refractivity contribution is 5.53. The van der Waals surface area contributed by atoms with Crippen LogP contribution in [0.25, 0.3) is 0 Å². The van der Waals surface area contributed by atoms with Gasteiger partial charge in [-0.2, -0.15) is 0 Å². The quantitative estimate of drug-likeness (QED) is 0.847. The second kappa shape index (κ2) is 7.23. The molecule has 25 heavy (non-hydrogen) atoms. The predicted molar refractivity (Wildman–Crippen MR) is 95.9 cm³/mol. The molecule has 6 nitrogen and oxygen atoms in total. The number of para-hydroxylation sites is 1. The van der Waals surface area contributed by atoms with E-state index in [2.05, 4.69) is 24.7 Å². The highest BCUT2D eigenvalue weighted by atomic mass is 19.1. The molecule has 0 amide bonds. The van der Waals surface area contributed by atoms with Crippen LogP contribution in [0.2, 0.25) is 0 Å². The molecule has 132 valence electrons. The number of ether oxygens (including phenoxy) is 1. The average molecular weight is 343 g/mol. The molecule has 1 aromatic carbocycles. The first-order valence-electron chi connectivity index (χ1n) is 8.70. The second-order valence-corrected chi connectivity index (χ2v) is 6.26. The highest BCUT2D eigenvalue weighted by Gasteiger charge is 2.21. The molecule has 1 aromatic heterocycles. The van der Waals surface area contributed by atoms with Crippen LogP contribution in [0.5, 0.6) is 0 Å². The van der Waals surface area contributed by atoms with Crippen molar-refractivity contribution >= 4 is 17.3 Å². The molecule has 2 fully saturated rings. The maximum Gasteiger partial charge on any atom is 0.146 e. The number of benzene rings is 1. The lowest BCUT2D eigenvalue weighted by Gasteiger charge is -2.37. The maximum atomic E-state index is 14.0. The van der Waals surface area contributed by atoms with Crippen molar-refractivity contribution in [3.63, 3.8) is 0 Å². The lowest BCUT2D eigenvalue weighted by Crippen LogP contribution is -2.47. The van der Waals surface area contributed by atoms with E-state index in [0.29, 0.717) is 5.69 Å². The molecule has 4 rings (SSSR count). The van der Waals surface area contributed by atoms with E-state index in [-0.39, 0.29) is 5.82 Å². The Morgan fingerprint density at radius 1 is 0.800 bits per heavy atom. The number of rotatable bonds is 3. The molecule has 2 saturated heterocycles. The summed E-state index contributed by atoms with van der Waals surface area (Å²) < 4.78 is 19.4. The smallest absolute Gasteiger partial charge is 0.146 e. The van der Waals surface area contributed by atoms with E-state index in [1.165, 1.54) is 6.07 Å². The Morgan fingerprint density at radius 2 is 1.40 bits per heavy atom. The van der Waals surface area contributed by atoms with Crippen LogP contribution in [0.15, 0.2) is 36.7 Å². The summed E-state index contributed by atoms with van der Waals surface area (Å²) in [5.74, 6) is 1.72. The number of nitrogens with zero attached hydrogens (tertiary/aromatic N) is 5. The number of piperazine rings is 1. The molecule has 0 aliphatic carbocycles. The molecule has 2 aromatic rings. The van der Waals surface area contributed by atoms with E-state index in [4.69, 9.17) is 4.74 Å². The van der Waals surface area contributed by atoms with Gasteiger partial charge < -0.3 is 19.4 Å². The molecule has 2 aliphatic rings. The molecule has 0 radical (unpaired) electrons. The normalized spacial score (nSPS) is 18.5. The van der Waals surface area contributed by atoms with Crippen LogP contribution < -0.4 is 14.7 Å². The van der Waals surface area contributed by atoms with Gasteiger partial charge in [0.25, 0.3) is 0 Å². The molecule has 0 N–H and O–H groups in total. The van der Waals surface area contributed by atoms with Crippen LogP contribution in [0.4, 0.5) is 21.7 Å². The Hall–Kier alpha value is -2.41. The van der Waals surface area contributed by atoms with Crippen molar-refractivity contribution in [1.29, 1.82) is 0 Å². The summed E-state index contributed by atoms with van der Waals surface area (Å²) in [5, 5.41) is 0. The highest BCUT2D eigenvalue weighted by Crippen LogP contribution is 2.23. The second-order valence-electron chi connectivity index (χ2n) is 6.26. The fraction of sp³-hybridized carbons (Fsp3) is 0.444. The largest absolute Gasteiger partial charge is 0.378 e. The van der Waals surface area contributed by atoms with E-state index < -0.39 is 0 Å². The molecule has 3 heterocycles. The van der Waals surface area contributed by atoms with Crippen LogP contribution in [-0.2, 0) is 4.74 Å². The topological polar surface area (TPSA) is 44.7 Å². The number of halogens is 1. The van der Waals surface area contributed by atoms with E-state index in [0.717, 1.165) is 64.1 Å². The maximum absolute atomic E-state index is 14.0. The van der Waals surface area contributed by atoms with Gasteiger partial charge in [0.15, 0.2) is 0 Å². The van der Waals surface area contributed by atoms with Crippen LogP contribution in [0, 0.1) is 5.82 Å². The Labute approximate surface area is 146 Å². The summed E-state index contributed by atoms with van der Waals surface area (Å²) in [6.45, 7) is 6.37. The summed E-state index contributed by atoms with van der Waals surface area (Å²) in [5.41, 5.74) is 0.679. The summed E-state index contributed by atoms with van der Waals surface area (Å²) >= 11 is 0. The van der Waals surface area contributed by atoms with Gasteiger partial charge in [-0.1, -0.05) is 12.1 Å². The van der Waals surface area contributed by atoms with Gasteiger partial charge in [0.2, 0.25) is 0 Å². The van der Waals surface area contributed by atoms with E-state index in [9.17, 15) is 4.39 Å². The summed E-state index contributed by atoms with van der Waals surface area (Å²) in [7, 11) is 0. The third kappa shape index (κ3) is 3.51. The molecular weight excluding hydrogens is 321 g/mol. The van der Waals surface area contributed by atoms with Gasteiger partial charge in [-0.25, -0.2) is 14.4 Å². The number of aromatic nitrogens is 2. The van der Waals surface area contributed by atoms with Gasteiger partial charge in [-0.15, -0.1) is 0 Å². The molecule has 7 heteroatoms. The SMILES string of the molecule is Fc1ccccc1N1CCN(c2cc(N3CCOCC3)ncn2)CC1. The first kappa shape index (κ1) is 16.1. The zero-order valence-electron chi connectivity index (χ0n) is 14.1. The third-order valence-corrected chi connectivity index (χ3v) is 4.77. The fourth-order valence-corrected chi connectivity index (χ4v) is 3.36. The van der Waals surface area contributed by atoms with E-state index in [1.54, 1.807) is 12.4 Å². The van der Waals surface area contributed by atoms with Crippen LogP contribution in [0.3, 0.4) is 0 Å². The molecule has 0 unspecified atom stereocenters. The minimum atomic E-state index is -0.160. The first-order chi connectivity index (χ1) is 12.3. The van der Waals surface area contributed by atoms with Gasteiger partial charge in [-0.3, -0.25) is 0 Å². The molecule has 0 atom stereocenters. The summed E-state index contributed by atoms with van der Waals surface area (Å²) in [6.07, 6.45) is 1.63. The molecule has 2 aliphatic heterocycles. The summed E-state index contributed by atoms with van der Waals surface area (Å²) in [4.78, 5) is 15.4. The van der Waals surface area contributed by atoms with Gasteiger partial charge in [0, 0.05) is 45.3 Å². The Bertz CT molecular complexity index is 714. The van der Waals surface area contributed by atoms with Gasteiger partial charge >= 0.3 is 0 Å². The molecule has 0 spiro atoms. The Kier molecular flexibility index (Phi) is 4.65. The molecular formula is C18H22FN5O. The van der Waals surface area contributed by atoms with Crippen LogP contribution >= 0.6 is 0 Å². The first-order valence-corrected chi connectivity index (χ1v) is 8.70. The Morgan fingerprint density at radius 3 is 2.08 bits per heavy atom. The fourth-order valence-electron chi connectivity index (χ4n) is 3.36. The monoisotopic (exact) mass is 343 g/mol. The van der Waals surface area contributed by atoms with Gasteiger partial charge in [0.1, 0.15) is 23.8 Å². The van der Waals surface area contributed by atoms with Crippen molar-refractivity contribution in [1.82, 2.24) is 9.97 Å². The number of hydrogen-bond donors (Lipinski definition) is 0. The zero-order valence-corrected chi connectivity index (χ0v) is 14.1. The van der Waals surface area contributed by atoms with Crippen molar-refractivity contribution in [3.8, 4) is 0 Å².